The lowest BCUT2D eigenvalue weighted by atomic mass is 9.84. The second-order valence-electron chi connectivity index (χ2n) is 9.21. The number of nitrogens with one attached hydrogen (secondary N) is 1. The van der Waals surface area contributed by atoms with Crippen molar-refractivity contribution < 1.29 is 4.79 Å². The molecule has 1 heterocycles. The molecule has 3 rings (SSSR count). The van der Waals surface area contributed by atoms with Gasteiger partial charge < -0.3 is 16.0 Å². The summed E-state index contributed by atoms with van der Waals surface area (Å²) in [6.45, 7) is 8.68. The van der Waals surface area contributed by atoms with Crippen molar-refractivity contribution in [3.63, 3.8) is 0 Å². The smallest absolute Gasteiger partial charge is 0.220 e. The highest BCUT2D eigenvalue weighted by atomic mass is 16.1. The van der Waals surface area contributed by atoms with Gasteiger partial charge in [0.15, 0.2) is 0 Å². The molecule has 1 aliphatic heterocycles. The number of carbonyl (C=O) groups excluding carboxylic acids is 1. The molecule has 30 heavy (non-hydrogen) atoms. The third-order valence-electron chi connectivity index (χ3n) is 6.86. The Kier molecular flexibility index (Phi) is 9.47. The Morgan fingerprint density at radius 2 is 1.90 bits per heavy atom. The topological polar surface area (TPSA) is 61.6 Å². The molecule has 0 aromatic heterocycles. The van der Waals surface area contributed by atoms with E-state index in [4.69, 9.17) is 5.73 Å². The third kappa shape index (κ3) is 7.28. The van der Waals surface area contributed by atoms with E-state index in [9.17, 15) is 4.79 Å². The number of anilines is 1. The monoisotopic (exact) mass is 414 g/mol. The Labute approximate surface area is 183 Å². The fourth-order valence-electron chi connectivity index (χ4n) is 4.95. The minimum absolute atomic E-state index is 0.182. The van der Waals surface area contributed by atoms with E-state index in [1.165, 1.54) is 63.0 Å². The highest BCUT2D eigenvalue weighted by molar-refractivity contribution is 5.76. The van der Waals surface area contributed by atoms with Crippen molar-refractivity contribution >= 4 is 11.6 Å². The number of rotatable bonds is 10. The van der Waals surface area contributed by atoms with E-state index in [0.29, 0.717) is 19.0 Å². The molecule has 5 heteroatoms. The number of nitrogens with zero attached hydrogens (tertiary/aromatic N) is 2. The molecule has 1 aliphatic carbocycles. The molecule has 2 aliphatic rings. The first-order valence-corrected chi connectivity index (χ1v) is 12.2. The summed E-state index contributed by atoms with van der Waals surface area (Å²) in [5, 5.41) is 3.20. The molecule has 5 nitrogen and oxygen atoms in total. The fourth-order valence-corrected chi connectivity index (χ4v) is 4.95. The van der Waals surface area contributed by atoms with E-state index in [-0.39, 0.29) is 5.91 Å². The van der Waals surface area contributed by atoms with Gasteiger partial charge in [0.05, 0.1) is 0 Å². The quantitative estimate of drug-likeness (QED) is 0.614. The standard InChI is InChI=1S/C25H42N4O/c1-2-5-22-6-3-7-24(20-22)29-18-16-28(17-19-29)15-13-21-9-11-23(12-10-21)27-25(30)8-4-14-26/h3,6-7,20-21,23H,2,4-5,8-19,26H2,1H3,(H,27,30). The average Bonchev–Trinajstić information content (AvgIpc) is 2.78. The minimum Gasteiger partial charge on any atom is -0.369 e. The maximum atomic E-state index is 11.9. The van der Waals surface area contributed by atoms with Crippen molar-refractivity contribution in [2.75, 3.05) is 44.2 Å². The maximum absolute atomic E-state index is 11.9. The number of hydrogen-bond acceptors (Lipinski definition) is 4. The molecule has 1 aromatic rings. The number of amides is 1. The van der Waals surface area contributed by atoms with Crippen molar-refractivity contribution in [1.29, 1.82) is 0 Å². The highest BCUT2D eigenvalue weighted by Gasteiger charge is 2.24. The van der Waals surface area contributed by atoms with Crippen LogP contribution in [0.2, 0.25) is 0 Å². The van der Waals surface area contributed by atoms with Crippen LogP contribution in [0, 0.1) is 5.92 Å². The largest absolute Gasteiger partial charge is 0.369 e. The first-order chi connectivity index (χ1) is 14.7. The second-order valence-corrected chi connectivity index (χ2v) is 9.21. The lowest BCUT2D eigenvalue weighted by Crippen LogP contribution is -2.47. The van der Waals surface area contributed by atoms with E-state index in [0.717, 1.165) is 38.3 Å². The van der Waals surface area contributed by atoms with E-state index >= 15 is 0 Å². The molecule has 1 aromatic carbocycles. The molecule has 0 atom stereocenters. The van der Waals surface area contributed by atoms with Crippen molar-refractivity contribution in [1.82, 2.24) is 10.2 Å². The van der Waals surface area contributed by atoms with Gasteiger partial charge in [-0.25, -0.2) is 0 Å². The number of nitrogens with two attached hydrogens (primary N) is 1. The minimum atomic E-state index is 0.182. The number of hydrogen-bond donors (Lipinski definition) is 2. The van der Waals surface area contributed by atoms with Crippen LogP contribution in [0.15, 0.2) is 24.3 Å². The molecule has 0 unspecified atom stereocenters. The fraction of sp³-hybridized carbons (Fsp3) is 0.720. The number of benzene rings is 1. The van der Waals surface area contributed by atoms with Crippen LogP contribution in [0.1, 0.15) is 63.9 Å². The third-order valence-corrected chi connectivity index (χ3v) is 6.86. The van der Waals surface area contributed by atoms with Crippen LogP contribution in [0.4, 0.5) is 5.69 Å². The molecular formula is C25H42N4O. The van der Waals surface area contributed by atoms with E-state index in [2.05, 4.69) is 46.3 Å². The van der Waals surface area contributed by atoms with Crippen LogP contribution < -0.4 is 16.0 Å². The Bertz CT molecular complexity index is 634. The van der Waals surface area contributed by atoms with Crippen LogP contribution in [-0.2, 0) is 11.2 Å². The Hall–Kier alpha value is -1.59. The maximum Gasteiger partial charge on any atom is 0.220 e. The Balaban J connectivity index is 1.32. The summed E-state index contributed by atoms with van der Waals surface area (Å²) in [6, 6.07) is 9.50. The summed E-state index contributed by atoms with van der Waals surface area (Å²) < 4.78 is 0. The summed E-state index contributed by atoms with van der Waals surface area (Å²) in [4.78, 5) is 17.1. The molecule has 0 bridgehead atoms. The predicted octanol–water partition coefficient (Wildman–Crippen LogP) is 3.57. The molecule has 1 saturated carbocycles. The lowest BCUT2D eigenvalue weighted by Gasteiger charge is -2.37. The van der Waals surface area contributed by atoms with Crippen molar-refractivity contribution in [3.8, 4) is 0 Å². The summed E-state index contributed by atoms with van der Waals surface area (Å²) in [7, 11) is 0. The molecule has 0 radical (unpaired) electrons. The van der Waals surface area contributed by atoms with E-state index in [1.807, 2.05) is 0 Å². The molecule has 168 valence electrons. The molecule has 3 N–H and O–H groups in total. The zero-order valence-electron chi connectivity index (χ0n) is 19.0. The first kappa shape index (κ1) is 23.1. The van der Waals surface area contributed by atoms with Crippen LogP contribution in [0.25, 0.3) is 0 Å². The second kappa shape index (κ2) is 12.3. The van der Waals surface area contributed by atoms with Gasteiger partial charge in [-0.2, -0.15) is 0 Å². The van der Waals surface area contributed by atoms with Crippen molar-refractivity contribution in [2.24, 2.45) is 11.7 Å². The summed E-state index contributed by atoms with van der Waals surface area (Å²) in [5.41, 5.74) is 8.35. The summed E-state index contributed by atoms with van der Waals surface area (Å²) in [5.74, 6) is 1.01. The van der Waals surface area contributed by atoms with Crippen LogP contribution >= 0.6 is 0 Å². The molecule has 0 spiro atoms. The van der Waals surface area contributed by atoms with Gasteiger partial charge >= 0.3 is 0 Å². The Morgan fingerprint density at radius 1 is 1.13 bits per heavy atom. The highest BCUT2D eigenvalue weighted by Crippen LogP contribution is 2.27. The normalized spacial score (nSPS) is 22.8. The first-order valence-electron chi connectivity index (χ1n) is 12.2. The van der Waals surface area contributed by atoms with Gasteiger partial charge in [-0.1, -0.05) is 25.5 Å². The number of carbonyl (C=O) groups is 1. The Morgan fingerprint density at radius 3 is 2.60 bits per heavy atom. The van der Waals surface area contributed by atoms with E-state index in [1.54, 1.807) is 0 Å². The number of aryl methyl sites for hydroxylation is 1. The van der Waals surface area contributed by atoms with Crippen LogP contribution in [0.3, 0.4) is 0 Å². The zero-order valence-corrected chi connectivity index (χ0v) is 19.0. The van der Waals surface area contributed by atoms with Gasteiger partial charge in [0, 0.05) is 44.3 Å². The molecular weight excluding hydrogens is 372 g/mol. The van der Waals surface area contributed by atoms with Gasteiger partial charge in [0.25, 0.3) is 0 Å². The van der Waals surface area contributed by atoms with Gasteiger partial charge in [0.2, 0.25) is 5.91 Å². The van der Waals surface area contributed by atoms with Crippen LogP contribution in [-0.4, -0.2) is 56.1 Å². The average molecular weight is 415 g/mol. The van der Waals surface area contributed by atoms with Gasteiger partial charge in [0.1, 0.15) is 0 Å². The van der Waals surface area contributed by atoms with Crippen molar-refractivity contribution in [2.45, 2.75) is 70.8 Å². The van der Waals surface area contributed by atoms with Gasteiger partial charge in [-0.3, -0.25) is 9.69 Å². The van der Waals surface area contributed by atoms with Gasteiger partial charge in [-0.05, 0) is 81.6 Å². The SMILES string of the molecule is CCCc1cccc(N2CCN(CCC3CCC(NC(=O)CCCN)CC3)CC2)c1. The summed E-state index contributed by atoms with van der Waals surface area (Å²) in [6.07, 6.45) is 9.84. The van der Waals surface area contributed by atoms with Crippen molar-refractivity contribution in [3.05, 3.63) is 29.8 Å². The molecule has 2 fully saturated rings. The predicted molar refractivity (Wildman–Crippen MR) is 126 cm³/mol. The van der Waals surface area contributed by atoms with Crippen LogP contribution in [0.5, 0.6) is 0 Å². The lowest BCUT2D eigenvalue weighted by molar-refractivity contribution is -0.122. The molecule has 1 saturated heterocycles. The van der Waals surface area contributed by atoms with Gasteiger partial charge in [-0.15, -0.1) is 0 Å². The molecule has 1 amide bonds. The summed E-state index contributed by atoms with van der Waals surface area (Å²) >= 11 is 0. The number of piperazine rings is 1. The van der Waals surface area contributed by atoms with E-state index < -0.39 is 0 Å². The zero-order chi connectivity index (χ0) is 21.2.